The lowest BCUT2D eigenvalue weighted by atomic mass is 10.1. The molecule has 9 heteroatoms. The van der Waals surface area contributed by atoms with Gasteiger partial charge in [0, 0.05) is 31.4 Å². The molecular formula is C18H19ClN2O5S. The van der Waals surface area contributed by atoms with E-state index < -0.39 is 10.0 Å². The van der Waals surface area contributed by atoms with Crippen molar-refractivity contribution in [2.24, 2.45) is 0 Å². The molecule has 0 saturated carbocycles. The molecule has 3 heterocycles. The summed E-state index contributed by atoms with van der Waals surface area (Å²) in [4.78, 5) is 4.06. The van der Waals surface area contributed by atoms with Crippen LogP contribution in [0, 0.1) is 0 Å². The number of hydrogen-bond acceptors (Lipinski definition) is 6. The molecule has 2 aliphatic heterocycles. The smallest absolute Gasteiger partial charge is 0.244 e. The van der Waals surface area contributed by atoms with Gasteiger partial charge in [-0.1, -0.05) is 11.6 Å². The van der Waals surface area contributed by atoms with Crippen molar-refractivity contribution in [3.8, 4) is 17.2 Å². The van der Waals surface area contributed by atoms with Crippen LogP contribution in [0.3, 0.4) is 0 Å². The van der Waals surface area contributed by atoms with E-state index in [0.717, 1.165) is 0 Å². The summed E-state index contributed by atoms with van der Waals surface area (Å²) in [5.74, 6) is 1.56. The monoisotopic (exact) mass is 410 g/mol. The van der Waals surface area contributed by atoms with E-state index in [4.69, 9.17) is 25.8 Å². The molecular weight excluding hydrogens is 392 g/mol. The number of halogens is 1. The minimum atomic E-state index is -3.72. The van der Waals surface area contributed by atoms with Gasteiger partial charge in [0.2, 0.25) is 10.0 Å². The lowest BCUT2D eigenvalue weighted by molar-refractivity contribution is 0.134. The Morgan fingerprint density at radius 3 is 2.52 bits per heavy atom. The molecule has 1 aromatic heterocycles. The molecule has 4 rings (SSSR count). The highest BCUT2D eigenvalue weighted by Crippen LogP contribution is 2.38. The zero-order chi connectivity index (χ0) is 18.9. The molecule has 0 bridgehead atoms. The lowest BCUT2D eigenvalue weighted by Crippen LogP contribution is -2.41. The molecule has 0 spiro atoms. The zero-order valence-corrected chi connectivity index (χ0v) is 16.1. The van der Waals surface area contributed by atoms with Crippen molar-refractivity contribution in [1.29, 1.82) is 0 Å². The van der Waals surface area contributed by atoms with Gasteiger partial charge in [0.1, 0.15) is 30.0 Å². The van der Waals surface area contributed by atoms with Crippen LogP contribution in [0.4, 0.5) is 0 Å². The quantitative estimate of drug-likeness (QED) is 0.771. The molecule has 1 aromatic carbocycles. The van der Waals surface area contributed by atoms with E-state index in [0.29, 0.717) is 56.4 Å². The van der Waals surface area contributed by atoms with Gasteiger partial charge in [0.25, 0.3) is 0 Å². The minimum absolute atomic E-state index is 0.0417. The third kappa shape index (κ3) is 3.83. The first-order valence-corrected chi connectivity index (χ1v) is 10.5. The van der Waals surface area contributed by atoms with Crippen LogP contribution < -0.4 is 14.2 Å². The molecule has 0 unspecified atom stereocenters. The third-order valence-corrected chi connectivity index (χ3v) is 6.92. The van der Waals surface area contributed by atoms with Gasteiger partial charge in [0.05, 0.1) is 11.2 Å². The highest BCUT2D eigenvalue weighted by Gasteiger charge is 2.33. The van der Waals surface area contributed by atoms with Crippen LogP contribution in [0.5, 0.6) is 17.2 Å². The van der Waals surface area contributed by atoms with E-state index in [9.17, 15) is 8.42 Å². The number of hydrogen-bond donors (Lipinski definition) is 0. The molecule has 1 saturated heterocycles. The first-order chi connectivity index (χ1) is 13.0. The number of sulfonamides is 1. The topological polar surface area (TPSA) is 78.0 Å². The predicted molar refractivity (Wildman–Crippen MR) is 99.1 cm³/mol. The maximum absolute atomic E-state index is 13.1. The number of pyridine rings is 1. The van der Waals surface area contributed by atoms with Gasteiger partial charge < -0.3 is 14.2 Å². The molecule has 144 valence electrons. The Balaban J connectivity index is 1.47. The van der Waals surface area contributed by atoms with Crippen molar-refractivity contribution >= 4 is 21.6 Å². The molecule has 2 aromatic rings. The summed E-state index contributed by atoms with van der Waals surface area (Å²) in [6.07, 6.45) is 4.47. The summed E-state index contributed by atoms with van der Waals surface area (Å²) in [6.45, 7) is 1.52. The SMILES string of the molecule is O=S(=O)(c1cc2c(cc1Cl)OCCO2)N1CCC(Oc2cccnc2)CC1. The summed E-state index contributed by atoms with van der Waals surface area (Å²) in [5.41, 5.74) is 0. The highest BCUT2D eigenvalue weighted by molar-refractivity contribution is 7.89. The number of fused-ring (bicyclic) bond motifs is 1. The molecule has 1 fully saturated rings. The van der Waals surface area contributed by atoms with E-state index in [1.54, 1.807) is 18.5 Å². The van der Waals surface area contributed by atoms with E-state index in [1.165, 1.54) is 16.4 Å². The Morgan fingerprint density at radius 2 is 1.85 bits per heavy atom. The number of aromatic nitrogens is 1. The van der Waals surface area contributed by atoms with Gasteiger partial charge in [-0.3, -0.25) is 4.98 Å². The Labute approximate surface area is 162 Å². The highest BCUT2D eigenvalue weighted by atomic mass is 35.5. The van der Waals surface area contributed by atoms with Crippen LogP contribution in [0.2, 0.25) is 5.02 Å². The number of ether oxygens (including phenoxy) is 3. The average molecular weight is 411 g/mol. The maximum atomic E-state index is 13.1. The second kappa shape index (κ2) is 7.53. The van der Waals surface area contributed by atoms with Crippen LogP contribution in [0.25, 0.3) is 0 Å². The van der Waals surface area contributed by atoms with E-state index >= 15 is 0 Å². The Hall–Kier alpha value is -2.03. The molecule has 0 radical (unpaired) electrons. The number of rotatable bonds is 4. The molecule has 0 amide bonds. The Morgan fingerprint density at radius 1 is 1.15 bits per heavy atom. The molecule has 0 atom stereocenters. The van der Waals surface area contributed by atoms with Crippen molar-refractivity contribution in [2.75, 3.05) is 26.3 Å². The van der Waals surface area contributed by atoms with Crippen LogP contribution >= 0.6 is 11.6 Å². The van der Waals surface area contributed by atoms with E-state index in [-0.39, 0.29) is 16.0 Å². The van der Waals surface area contributed by atoms with Gasteiger partial charge in [-0.2, -0.15) is 4.31 Å². The molecule has 2 aliphatic rings. The summed E-state index contributed by atoms with van der Waals surface area (Å²) in [7, 11) is -3.72. The molecule has 0 N–H and O–H groups in total. The first-order valence-electron chi connectivity index (χ1n) is 8.70. The van der Waals surface area contributed by atoms with Crippen molar-refractivity contribution in [1.82, 2.24) is 9.29 Å². The third-order valence-electron chi connectivity index (χ3n) is 4.55. The molecule has 27 heavy (non-hydrogen) atoms. The summed E-state index contributed by atoms with van der Waals surface area (Å²) >= 11 is 6.23. The summed E-state index contributed by atoms with van der Waals surface area (Å²) in [5, 5.41) is 0.132. The van der Waals surface area contributed by atoms with Gasteiger partial charge in [0.15, 0.2) is 11.5 Å². The summed E-state index contributed by atoms with van der Waals surface area (Å²) in [6, 6.07) is 6.59. The molecule has 0 aliphatic carbocycles. The summed E-state index contributed by atoms with van der Waals surface area (Å²) < 4.78 is 44.4. The fourth-order valence-electron chi connectivity index (χ4n) is 3.18. The van der Waals surface area contributed by atoms with Crippen LogP contribution in [0.1, 0.15) is 12.8 Å². The maximum Gasteiger partial charge on any atom is 0.244 e. The van der Waals surface area contributed by atoms with Crippen LogP contribution in [-0.4, -0.2) is 50.1 Å². The largest absolute Gasteiger partial charge is 0.489 e. The number of benzene rings is 1. The fraction of sp³-hybridized carbons (Fsp3) is 0.389. The Bertz CT molecular complexity index is 915. The second-order valence-corrected chi connectivity index (χ2v) is 8.65. The fourth-order valence-corrected chi connectivity index (χ4v) is 5.16. The van der Waals surface area contributed by atoms with Crippen molar-refractivity contribution in [2.45, 2.75) is 23.8 Å². The second-order valence-electron chi connectivity index (χ2n) is 6.34. The average Bonchev–Trinajstić information content (AvgIpc) is 2.68. The minimum Gasteiger partial charge on any atom is -0.489 e. The van der Waals surface area contributed by atoms with E-state index in [2.05, 4.69) is 4.98 Å². The van der Waals surface area contributed by atoms with Crippen LogP contribution in [0.15, 0.2) is 41.6 Å². The van der Waals surface area contributed by atoms with Gasteiger partial charge in [-0.15, -0.1) is 0 Å². The predicted octanol–water partition coefficient (Wildman–Crippen LogP) is 2.74. The Kier molecular flexibility index (Phi) is 5.12. The molecule has 7 nitrogen and oxygen atoms in total. The standard InChI is InChI=1S/C18H19ClN2O5S/c19-15-10-16-17(25-9-8-24-16)11-18(15)27(22,23)21-6-3-13(4-7-21)26-14-2-1-5-20-12-14/h1-2,5,10-13H,3-4,6-9H2. The van der Waals surface area contributed by atoms with Gasteiger partial charge >= 0.3 is 0 Å². The first kappa shape index (κ1) is 18.3. The van der Waals surface area contributed by atoms with Gasteiger partial charge in [-0.25, -0.2) is 8.42 Å². The van der Waals surface area contributed by atoms with E-state index in [1.807, 2.05) is 6.07 Å². The number of piperidine rings is 1. The van der Waals surface area contributed by atoms with Gasteiger partial charge in [-0.05, 0) is 25.0 Å². The number of nitrogens with zero attached hydrogens (tertiary/aromatic N) is 2. The lowest BCUT2D eigenvalue weighted by Gasteiger charge is -2.31. The van der Waals surface area contributed by atoms with Crippen LogP contribution in [-0.2, 0) is 10.0 Å². The van der Waals surface area contributed by atoms with Crippen molar-refractivity contribution < 1.29 is 22.6 Å². The normalized spacial score (nSPS) is 18.3. The van der Waals surface area contributed by atoms with Crippen molar-refractivity contribution in [3.63, 3.8) is 0 Å². The van der Waals surface area contributed by atoms with Crippen molar-refractivity contribution in [3.05, 3.63) is 41.7 Å². The zero-order valence-electron chi connectivity index (χ0n) is 14.5.